The second-order valence-electron chi connectivity index (χ2n) is 5.42. The summed E-state index contributed by atoms with van der Waals surface area (Å²) in [5.41, 5.74) is 1.56. The summed E-state index contributed by atoms with van der Waals surface area (Å²) >= 11 is 0. The molecule has 1 fully saturated rings. The molecule has 2 amide bonds. The maximum absolute atomic E-state index is 12.2. The van der Waals surface area contributed by atoms with Crippen molar-refractivity contribution in [3.05, 3.63) is 35.4 Å². The van der Waals surface area contributed by atoms with Crippen molar-refractivity contribution >= 4 is 23.6 Å². The zero-order valence-electron chi connectivity index (χ0n) is 13.2. The Morgan fingerprint density at radius 1 is 1.13 bits per heavy atom. The molecule has 0 aliphatic carbocycles. The smallest absolute Gasteiger partial charge is 0.326 e. The molecule has 1 aromatic carbocycles. The number of rotatable bonds is 6. The highest BCUT2D eigenvalue weighted by atomic mass is 16.5. The van der Waals surface area contributed by atoms with Crippen LogP contribution in [-0.4, -0.2) is 41.1 Å². The third-order valence-corrected chi connectivity index (χ3v) is 3.77. The Kier molecular flexibility index (Phi) is 5.26. The number of carbonyl (C=O) groups excluding carboxylic acids is 4. The first kappa shape index (κ1) is 16.9. The molecule has 6 nitrogen and oxygen atoms in total. The van der Waals surface area contributed by atoms with Crippen LogP contribution in [0, 0.1) is 0 Å². The first-order valence-electron chi connectivity index (χ1n) is 7.58. The summed E-state index contributed by atoms with van der Waals surface area (Å²) in [6, 6.07) is 7.09. The quantitative estimate of drug-likeness (QED) is 0.451. The minimum Gasteiger partial charge on any atom is -0.453 e. The molecule has 0 radical (unpaired) electrons. The van der Waals surface area contributed by atoms with Gasteiger partial charge in [0.25, 0.3) is 0 Å². The Labute approximate surface area is 134 Å². The van der Waals surface area contributed by atoms with Crippen LogP contribution in [-0.2, 0) is 25.5 Å². The minimum absolute atomic E-state index is 0.115. The van der Waals surface area contributed by atoms with Gasteiger partial charge in [0.1, 0.15) is 6.54 Å². The number of imide groups is 1. The first-order chi connectivity index (χ1) is 10.9. The largest absolute Gasteiger partial charge is 0.453 e. The SMILES string of the molecule is CCc1ccc(C(=O)[C@H](C)OC(=O)CN2C(=O)CCC2=O)cc1. The molecule has 1 aromatic rings. The molecule has 1 aliphatic heterocycles. The molecule has 0 bridgehead atoms. The predicted octanol–water partition coefficient (Wildman–Crippen LogP) is 1.51. The molecule has 23 heavy (non-hydrogen) atoms. The van der Waals surface area contributed by atoms with E-state index < -0.39 is 18.6 Å². The van der Waals surface area contributed by atoms with Gasteiger partial charge in [-0.05, 0) is 18.9 Å². The molecule has 1 heterocycles. The van der Waals surface area contributed by atoms with Gasteiger partial charge in [-0.1, -0.05) is 31.2 Å². The molecule has 0 N–H and O–H groups in total. The lowest BCUT2D eigenvalue weighted by Crippen LogP contribution is -2.37. The van der Waals surface area contributed by atoms with E-state index in [1.807, 2.05) is 19.1 Å². The van der Waals surface area contributed by atoms with E-state index in [1.54, 1.807) is 12.1 Å². The van der Waals surface area contributed by atoms with E-state index in [1.165, 1.54) is 6.92 Å². The van der Waals surface area contributed by atoms with Crippen molar-refractivity contribution in [2.75, 3.05) is 6.54 Å². The number of amides is 2. The number of ketones is 1. The number of Topliss-reactive ketones (excluding diaryl/α,β-unsaturated/α-hetero) is 1. The second-order valence-corrected chi connectivity index (χ2v) is 5.42. The summed E-state index contributed by atoms with van der Waals surface area (Å²) in [6.45, 7) is 3.05. The maximum atomic E-state index is 12.2. The fourth-order valence-corrected chi connectivity index (χ4v) is 2.36. The normalized spacial score (nSPS) is 15.7. The van der Waals surface area contributed by atoms with Gasteiger partial charge in [0, 0.05) is 18.4 Å². The molecule has 1 saturated heterocycles. The molecule has 0 unspecified atom stereocenters. The van der Waals surface area contributed by atoms with Crippen LogP contribution in [0.5, 0.6) is 0 Å². The lowest BCUT2D eigenvalue weighted by atomic mass is 10.0. The second kappa shape index (κ2) is 7.17. The van der Waals surface area contributed by atoms with Crippen molar-refractivity contribution in [3.8, 4) is 0 Å². The van der Waals surface area contributed by atoms with E-state index in [4.69, 9.17) is 4.74 Å². The number of nitrogens with zero attached hydrogens (tertiary/aromatic N) is 1. The summed E-state index contributed by atoms with van der Waals surface area (Å²) in [5, 5.41) is 0. The topological polar surface area (TPSA) is 80.8 Å². The van der Waals surface area contributed by atoms with Gasteiger partial charge in [-0.2, -0.15) is 0 Å². The van der Waals surface area contributed by atoms with Gasteiger partial charge in [0.2, 0.25) is 17.6 Å². The average molecular weight is 317 g/mol. The van der Waals surface area contributed by atoms with E-state index >= 15 is 0 Å². The third kappa shape index (κ3) is 4.03. The molecule has 0 spiro atoms. The van der Waals surface area contributed by atoms with Gasteiger partial charge in [0.15, 0.2) is 6.10 Å². The Bertz CT molecular complexity index is 619. The number of ether oxygens (including phenoxy) is 1. The molecular weight excluding hydrogens is 298 g/mol. The maximum Gasteiger partial charge on any atom is 0.326 e. The van der Waals surface area contributed by atoms with Crippen molar-refractivity contribution in [2.24, 2.45) is 0 Å². The number of aryl methyl sites for hydroxylation is 1. The van der Waals surface area contributed by atoms with E-state index in [-0.39, 0.29) is 30.4 Å². The summed E-state index contributed by atoms with van der Waals surface area (Å²) in [5.74, 6) is -1.86. The van der Waals surface area contributed by atoms with E-state index in [9.17, 15) is 19.2 Å². The molecule has 2 rings (SSSR count). The number of likely N-dealkylation sites (tertiary alicyclic amines) is 1. The van der Waals surface area contributed by atoms with Gasteiger partial charge in [0.05, 0.1) is 0 Å². The molecular formula is C17H19NO5. The molecule has 0 aromatic heterocycles. The zero-order chi connectivity index (χ0) is 17.0. The number of hydrogen-bond acceptors (Lipinski definition) is 5. The lowest BCUT2D eigenvalue weighted by molar-refractivity contribution is -0.154. The lowest BCUT2D eigenvalue weighted by Gasteiger charge is -2.16. The monoisotopic (exact) mass is 317 g/mol. The minimum atomic E-state index is -0.970. The van der Waals surface area contributed by atoms with E-state index in [0.29, 0.717) is 5.56 Å². The molecule has 6 heteroatoms. The standard InChI is InChI=1S/C17H19NO5/c1-3-12-4-6-13(7-5-12)17(22)11(2)23-16(21)10-18-14(19)8-9-15(18)20/h4-7,11H,3,8-10H2,1-2H3/t11-/m0/s1. The van der Waals surface area contributed by atoms with Crippen LogP contribution in [0.4, 0.5) is 0 Å². The van der Waals surface area contributed by atoms with Crippen molar-refractivity contribution in [2.45, 2.75) is 39.2 Å². The predicted molar refractivity (Wildman–Crippen MR) is 81.7 cm³/mol. The Morgan fingerprint density at radius 3 is 2.22 bits per heavy atom. The fourth-order valence-electron chi connectivity index (χ4n) is 2.36. The van der Waals surface area contributed by atoms with E-state index in [0.717, 1.165) is 16.9 Å². The molecule has 1 aliphatic rings. The highest BCUT2D eigenvalue weighted by molar-refractivity contribution is 6.04. The first-order valence-corrected chi connectivity index (χ1v) is 7.58. The van der Waals surface area contributed by atoms with Crippen molar-refractivity contribution in [3.63, 3.8) is 0 Å². The van der Waals surface area contributed by atoms with Crippen molar-refractivity contribution in [1.29, 1.82) is 0 Å². The van der Waals surface area contributed by atoms with Crippen LogP contribution < -0.4 is 0 Å². The van der Waals surface area contributed by atoms with Crippen LogP contribution in [0.2, 0.25) is 0 Å². The summed E-state index contributed by atoms with van der Waals surface area (Å²) < 4.78 is 5.05. The third-order valence-electron chi connectivity index (χ3n) is 3.77. The fraction of sp³-hybridized carbons (Fsp3) is 0.412. The van der Waals surface area contributed by atoms with Crippen LogP contribution in [0.15, 0.2) is 24.3 Å². The van der Waals surface area contributed by atoms with Crippen LogP contribution >= 0.6 is 0 Å². The number of benzene rings is 1. The Hall–Kier alpha value is -2.50. The number of esters is 1. The highest BCUT2D eigenvalue weighted by Crippen LogP contribution is 2.13. The van der Waals surface area contributed by atoms with Crippen molar-refractivity contribution in [1.82, 2.24) is 4.90 Å². The van der Waals surface area contributed by atoms with Gasteiger partial charge < -0.3 is 4.74 Å². The van der Waals surface area contributed by atoms with Crippen LogP contribution in [0.3, 0.4) is 0 Å². The number of carbonyl (C=O) groups is 4. The van der Waals surface area contributed by atoms with E-state index in [2.05, 4.69) is 0 Å². The summed E-state index contributed by atoms with van der Waals surface area (Å²) in [7, 11) is 0. The zero-order valence-corrected chi connectivity index (χ0v) is 13.2. The average Bonchev–Trinajstić information content (AvgIpc) is 2.86. The van der Waals surface area contributed by atoms with Gasteiger partial charge >= 0.3 is 5.97 Å². The molecule has 1 atom stereocenters. The van der Waals surface area contributed by atoms with Gasteiger partial charge in [-0.3, -0.25) is 24.1 Å². The molecule has 122 valence electrons. The van der Waals surface area contributed by atoms with Crippen LogP contribution in [0.1, 0.15) is 42.6 Å². The summed E-state index contributed by atoms with van der Waals surface area (Å²) in [4.78, 5) is 47.8. The van der Waals surface area contributed by atoms with Crippen molar-refractivity contribution < 1.29 is 23.9 Å². The van der Waals surface area contributed by atoms with Crippen LogP contribution in [0.25, 0.3) is 0 Å². The highest BCUT2D eigenvalue weighted by Gasteiger charge is 2.31. The van der Waals surface area contributed by atoms with Gasteiger partial charge in [-0.25, -0.2) is 0 Å². The number of hydrogen-bond donors (Lipinski definition) is 0. The Balaban J connectivity index is 1.93. The van der Waals surface area contributed by atoms with Gasteiger partial charge in [-0.15, -0.1) is 0 Å². The Morgan fingerprint density at radius 2 is 1.70 bits per heavy atom. The molecule has 0 saturated carbocycles. The summed E-state index contributed by atoms with van der Waals surface area (Å²) in [6.07, 6.45) is 0.133.